The molecule has 0 saturated heterocycles. The maximum absolute atomic E-state index is 10.7. The molecule has 0 fully saturated rings. The molecular formula is C6H9IO5. The topological polar surface area (TPSA) is 72.8 Å². The Labute approximate surface area is 83.7 Å². The van der Waals surface area contributed by atoms with Gasteiger partial charge in [-0.15, -0.1) is 0 Å². The zero-order valence-electron chi connectivity index (χ0n) is 6.29. The van der Waals surface area contributed by atoms with Crippen LogP contribution in [0.1, 0.15) is 12.8 Å². The molecule has 12 heavy (non-hydrogen) atoms. The van der Waals surface area contributed by atoms with Gasteiger partial charge in [0.05, 0.1) is 19.4 Å². The summed E-state index contributed by atoms with van der Waals surface area (Å²) < 4.78 is 8.77. The Hall–Kier alpha value is -0.370. The molecule has 0 bridgehead atoms. The summed E-state index contributed by atoms with van der Waals surface area (Å²) in [5, 5.41) is 8.27. The molecule has 0 spiro atoms. The van der Waals surface area contributed by atoms with E-state index < -0.39 is 11.9 Å². The highest BCUT2D eigenvalue weighted by Crippen LogP contribution is 1.98. The summed E-state index contributed by atoms with van der Waals surface area (Å²) >= 11 is 1.45. The fourth-order valence-electron chi connectivity index (χ4n) is 0.474. The third-order valence-electron chi connectivity index (χ3n) is 0.974. The second-order valence-corrected chi connectivity index (χ2v) is 2.33. The molecule has 0 aliphatic heterocycles. The average molecular weight is 288 g/mol. The number of esters is 1. The van der Waals surface area contributed by atoms with Crippen LogP contribution in [-0.4, -0.2) is 30.3 Å². The minimum Gasteiger partial charge on any atom is -0.463 e. The second kappa shape index (κ2) is 7.29. The van der Waals surface area contributed by atoms with Gasteiger partial charge in [-0.2, -0.15) is 0 Å². The monoisotopic (exact) mass is 288 g/mol. The van der Waals surface area contributed by atoms with Gasteiger partial charge >= 0.3 is 11.9 Å². The van der Waals surface area contributed by atoms with Crippen molar-refractivity contribution < 1.29 is 22.5 Å². The van der Waals surface area contributed by atoms with E-state index in [-0.39, 0.29) is 26.1 Å². The number of rotatable bonds is 5. The lowest BCUT2D eigenvalue weighted by molar-refractivity contribution is -0.147. The van der Waals surface area contributed by atoms with E-state index in [9.17, 15) is 9.59 Å². The van der Waals surface area contributed by atoms with Crippen LogP contribution >= 0.6 is 23.0 Å². The lowest BCUT2D eigenvalue weighted by Gasteiger charge is -2.00. The van der Waals surface area contributed by atoms with Crippen LogP contribution in [-0.2, 0) is 17.4 Å². The van der Waals surface area contributed by atoms with Gasteiger partial charge in [0.25, 0.3) is 0 Å². The third kappa shape index (κ3) is 6.35. The Kier molecular flexibility index (Phi) is 7.06. The number of aliphatic hydroxyl groups excluding tert-OH is 1. The first-order valence-corrected chi connectivity index (χ1v) is 4.16. The largest absolute Gasteiger partial charge is 0.463 e. The van der Waals surface area contributed by atoms with Crippen LogP contribution in [0.4, 0.5) is 0 Å². The van der Waals surface area contributed by atoms with Crippen molar-refractivity contribution in [2.24, 2.45) is 0 Å². The van der Waals surface area contributed by atoms with Crippen molar-refractivity contribution >= 4 is 34.9 Å². The first-order valence-electron chi connectivity index (χ1n) is 3.28. The highest BCUT2D eigenvalue weighted by Gasteiger charge is 2.07. The van der Waals surface area contributed by atoms with E-state index in [2.05, 4.69) is 7.80 Å². The van der Waals surface area contributed by atoms with Crippen molar-refractivity contribution in [3.8, 4) is 0 Å². The molecule has 0 aliphatic rings. The zero-order chi connectivity index (χ0) is 9.40. The first kappa shape index (κ1) is 11.6. The molecular weight excluding hydrogens is 279 g/mol. The standard InChI is InChI=1S/C6H9IO5/c7-12-6(10)2-1-5(9)11-4-3-8/h8H,1-4H2. The van der Waals surface area contributed by atoms with Crippen molar-refractivity contribution in [1.82, 2.24) is 0 Å². The van der Waals surface area contributed by atoms with Crippen LogP contribution in [0, 0.1) is 0 Å². The highest BCUT2D eigenvalue weighted by atomic mass is 127. The summed E-state index contributed by atoms with van der Waals surface area (Å²) in [7, 11) is 0. The molecule has 0 aromatic rings. The number of carbonyl (C=O) groups is 2. The molecule has 0 aliphatic carbocycles. The summed E-state index contributed by atoms with van der Waals surface area (Å²) in [6.07, 6.45) is -0.00492. The maximum Gasteiger partial charge on any atom is 0.315 e. The molecule has 0 aromatic heterocycles. The van der Waals surface area contributed by atoms with E-state index in [4.69, 9.17) is 5.11 Å². The van der Waals surface area contributed by atoms with E-state index in [1.807, 2.05) is 0 Å². The number of hydrogen-bond donors (Lipinski definition) is 1. The van der Waals surface area contributed by atoms with Gasteiger partial charge in [0.15, 0.2) is 23.0 Å². The predicted octanol–water partition coefficient (Wildman–Crippen LogP) is 0.195. The van der Waals surface area contributed by atoms with Crippen LogP contribution in [0.5, 0.6) is 0 Å². The molecule has 70 valence electrons. The number of halogens is 1. The minimum atomic E-state index is -0.508. The van der Waals surface area contributed by atoms with Crippen LogP contribution in [0.25, 0.3) is 0 Å². The van der Waals surface area contributed by atoms with Crippen molar-refractivity contribution in [2.45, 2.75) is 12.8 Å². The van der Waals surface area contributed by atoms with Gasteiger partial charge in [-0.05, 0) is 0 Å². The second-order valence-electron chi connectivity index (χ2n) is 1.89. The Balaban J connectivity index is 3.37. The number of ether oxygens (including phenoxy) is 1. The molecule has 0 atom stereocenters. The first-order chi connectivity index (χ1) is 5.70. The van der Waals surface area contributed by atoms with Crippen LogP contribution < -0.4 is 0 Å². The molecule has 0 radical (unpaired) electrons. The van der Waals surface area contributed by atoms with Gasteiger partial charge in [-0.1, -0.05) is 0 Å². The van der Waals surface area contributed by atoms with Gasteiger partial charge < -0.3 is 12.9 Å². The summed E-state index contributed by atoms with van der Waals surface area (Å²) in [6, 6.07) is 0. The van der Waals surface area contributed by atoms with Gasteiger partial charge in [0.1, 0.15) is 6.61 Å². The van der Waals surface area contributed by atoms with Crippen molar-refractivity contribution in [3.63, 3.8) is 0 Å². The number of carbonyl (C=O) groups excluding carboxylic acids is 2. The van der Waals surface area contributed by atoms with Gasteiger partial charge in [-0.25, -0.2) is 0 Å². The van der Waals surface area contributed by atoms with Crippen molar-refractivity contribution in [2.75, 3.05) is 13.2 Å². The van der Waals surface area contributed by atoms with E-state index in [0.717, 1.165) is 0 Å². The molecule has 5 nitrogen and oxygen atoms in total. The third-order valence-corrected chi connectivity index (χ3v) is 1.46. The van der Waals surface area contributed by atoms with E-state index >= 15 is 0 Å². The lowest BCUT2D eigenvalue weighted by Crippen LogP contribution is -2.10. The predicted molar refractivity (Wildman–Crippen MR) is 47.4 cm³/mol. The SMILES string of the molecule is O=C(CCC(=O)OCCO)OI. The molecule has 6 heteroatoms. The lowest BCUT2D eigenvalue weighted by atomic mass is 10.3. The fraction of sp³-hybridized carbons (Fsp3) is 0.667. The molecule has 0 amide bonds. The molecule has 0 unspecified atom stereocenters. The van der Waals surface area contributed by atoms with Gasteiger partial charge in [0.2, 0.25) is 0 Å². The summed E-state index contributed by atoms with van der Waals surface area (Å²) in [5.41, 5.74) is 0. The molecule has 0 saturated carbocycles. The fourth-order valence-corrected chi connectivity index (χ4v) is 0.695. The van der Waals surface area contributed by atoms with Crippen molar-refractivity contribution in [1.29, 1.82) is 0 Å². The highest BCUT2D eigenvalue weighted by molar-refractivity contribution is 14.1. The molecule has 0 aromatic carbocycles. The average Bonchev–Trinajstić information content (AvgIpc) is 2.10. The summed E-state index contributed by atoms with van der Waals surface area (Å²) in [6.45, 7) is -0.236. The summed E-state index contributed by atoms with van der Waals surface area (Å²) in [5.74, 6) is -0.970. The summed E-state index contributed by atoms with van der Waals surface area (Å²) in [4.78, 5) is 21.2. The molecule has 0 heterocycles. The van der Waals surface area contributed by atoms with E-state index in [1.54, 1.807) is 0 Å². The Morgan fingerprint density at radius 2 is 1.83 bits per heavy atom. The molecule has 1 N–H and O–H groups in total. The Morgan fingerprint density at radius 1 is 1.25 bits per heavy atom. The quantitative estimate of drug-likeness (QED) is 0.577. The smallest absolute Gasteiger partial charge is 0.315 e. The Bertz CT molecular complexity index is 158. The van der Waals surface area contributed by atoms with Crippen LogP contribution in [0.15, 0.2) is 0 Å². The minimum absolute atomic E-state index is 0.00714. The maximum atomic E-state index is 10.7. The van der Waals surface area contributed by atoms with Crippen LogP contribution in [0.3, 0.4) is 0 Å². The van der Waals surface area contributed by atoms with E-state index in [0.29, 0.717) is 0 Å². The zero-order valence-corrected chi connectivity index (χ0v) is 8.44. The van der Waals surface area contributed by atoms with Crippen LogP contribution in [0.2, 0.25) is 0 Å². The van der Waals surface area contributed by atoms with Gasteiger partial charge in [0, 0.05) is 0 Å². The van der Waals surface area contributed by atoms with E-state index in [1.165, 1.54) is 23.0 Å². The number of aliphatic hydroxyl groups is 1. The Morgan fingerprint density at radius 3 is 2.33 bits per heavy atom. The number of hydrogen-bond acceptors (Lipinski definition) is 5. The normalized spacial score (nSPS) is 9.17. The van der Waals surface area contributed by atoms with Crippen molar-refractivity contribution in [3.05, 3.63) is 0 Å². The van der Waals surface area contributed by atoms with Gasteiger partial charge in [-0.3, -0.25) is 9.59 Å². The molecule has 0 rings (SSSR count).